The summed E-state index contributed by atoms with van der Waals surface area (Å²) in [5.74, 6) is -1.17. The number of anilines is 3. The van der Waals surface area contributed by atoms with E-state index in [0.717, 1.165) is 17.3 Å². The molecular formula is C21H20N2O4S. The molecule has 0 aromatic heterocycles. The summed E-state index contributed by atoms with van der Waals surface area (Å²) >= 11 is 0. The number of aromatic carboxylic acids is 1. The van der Waals surface area contributed by atoms with E-state index in [0.29, 0.717) is 16.9 Å². The minimum Gasteiger partial charge on any atom is -0.478 e. The number of nitrogens with one attached hydrogen (secondary N) is 2. The van der Waals surface area contributed by atoms with E-state index in [1.807, 2.05) is 31.2 Å². The lowest BCUT2D eigenvalue weighted by Gasteiger charge is -2.15. The van der Waals surface area contributed by atoms with Gasteiger partial charge in [0.15, 0.2) is 0 Å². The Hall–Kier alpha value is -3.32. The molecule has 0 unspecified atom stereocenters. The molecule has 0 saturated carbocycles. The van der Waals surface area contributed by atoms with Crippen LogP contribution in [0.3, 0.4) is 0 Å². The van der Waals surface area contributed by atoms with Crippen LogP contribution in [-0.4, -0.2) is 19.5 Å². The van der Waals surface area contributed by atoms with E-state index in [9.17, 15) is 18.3 Å². The third-order valence-electron chi connectivity index (χ3n) is 4.25. The van der Waals surface area contributed by atoms with Crippen molar-refractivity contribution in [3.63, 3.8) is 0 Å². The fourth-order valence-electron chi connectivity index (χ4n) is 2.68. The van der Waals surface area contributed by atoms with Crippen molar-refractivity contribution in [2.24, 2.45) is 0 Å². The largest absolute Gasteiger partial charge is 0.478 e. The third kappa shape index (κ3) is 4.32. The summed E-state index contributed by atoms with van der Waals surface area (Å²) in [5, 5.41) is 12.4. The highest BCUT2D eigenvalue weighted by Crippen LogP contribution is 2.28. The number of hydrogen-bond donors (Lipinski definition) is 3. The van der Waals surface area contributed by atoms with Gasteiger partial charge in [-0.05, 0) is 55.8 Å². The van der Waals surface area contributed by atoms with Crippen molar-refractivity contribution < 1.29 is 18.3 Å². The summed E-state index contributed by atoms with van der Waals surface area (Å²) in [7, 11) is -3.96. The van der Waals surface area contributed by atoms with Crippen LogP contribution in [0.1, 0.15) is 21.5 Å². The summed E-state index contributed by atoms with van der Waals surface area (Å²) in [6.45, 7) is 3.60. The first-order valence-corrected chi connectivity index (χ1v) is 10.0. The van der Waals surface area contributed by atoms with Gasteiger partial charge < -0.3 is 10.4 Å². The van der Waals surface area contributed by atoms with Gasteiger partial charge in [0.25, 0.3) is 10.0 Å². The molecule has 28 heavy (non-hydrogen) atoms. The molecule has 0 atom stereocenters. The Labute approximate surface area is 163 Å². The van der Waals surface area contributed by atoms with Gasteiger partial charge in [-0.1, -0.05) is 35.9 Å². The predicted molar refractivity (Wildman–Crippen MR) is 110 cm³/mol. The molecule has 0 aliphatic rings. The number of carboxylic acids is 1. The van der Waals surface area contributed by atoms with Crippen molar-refractivity contribution in [2.45, 2.75) is 18.7 Å². The number of para-hydroxylation sites is 2. The van der Waals surface area contributed by atoms with Crippen molar-refractivity contribution in [3.8, 4) is 0 Å². The van der Waals surface area contributed by atoms with Gasteiger partial charge in [0, 0.05) is 5.69 Å². The number of benzene rings is 3. The molecule has 0 fully saturated rings. The monoisotopic (exact) mass is 396 g/mol. The van der Waals surface area contributed by atoms with Gasteiger partial charge in [0.05, 0.1) is 21.8 Å². The van der Waals surface area contributed by atoms with E-state index in [-0.39, 0.29) is 10.5 Å². The fourth-order valence-corrected chi connectivity index (χ4v) is 3.78. The predicted octanol–water partition coefficient (Wildman–Crippen LogP) is 4.55. The average Bonchev–Trinajstić information content (AvgIpc) is 2.65. The summed E-state index contributed by atoms with van der Waals surface area (Å²) in [6, 6.07) is 18.7. The maximum Gasteiger partial charge on any atom is 0.335 e. The molecule has 0 aliphatic heterocycles. The van der Waals surface area contributed by atoms with Gasteiger partial charge in [-0.15, -0.1) is 0 Å². The van der Waals surface area contributed by atoms with Crippen molar-refractivity contribution in [2.75, 3.05) is 10.0 Å². The van der Waals surface area contributed by atoms with Crippen molar-refractivity contribution in [1.29, 1.82) is 0 Å². The van der Waals surface area contributed by atoms with E-state index >= 15 is 0 Å². The summed E-state index contributed by atoms with van der Waals surface area (Å²) in [6.07, 6.45) is 0. The first-order chi connectivity index (χ1) is 13.3. The van der Waals surface area contributed by atoms with Gasteiger partial charge in [0.1, 0.15) is 0 Å². The van der Waals surface area contributed by atoms with Crippen LogP contribution in [0.25, 0.3) is 0 Å². The highest BCUT2D eigenvalue weighted by Gasteiger charge is 2.19. The molecule has 0 aliphatic carbocycles. The van der Waals surface area contributed by atoms with Gasteiger partial charge in [0.2, 0.25) is 0 Å². The molecule has 7 heteroatoms. The molecule has 3 aromatic rings. The Morgan fingerprint density at radius 1 is 0.893 bits per heavy atom. The SMILES string of the molecule is Cc1ccc(Nc2ccccc2NS(=O)(=O)c2ccc(C)c(C(=O)O)c2)cc1. The molecule has 0 amide bonds. The van der Waals surface area contributed by atoms with E-state index in [4.69, 9.17) is 0 Å². The lowest BCUT2D eigenvalue weighted by molar-refractivity contribution is 0.0696. The maximum atomic E-state index is 12.8. The zero-order valence-corrected chi connectivity index (χ0v) is 16.2. The van der Waals surface area contributed by atoms with Crippen molar-refractivity contribution in [3.05, 3.63) is 83.4 Å². The molecule has 3 N–H and O–H groups in total. The number of sulfonamides is 1. The van der Waals surface area contributed by atoms with Crippen LogP contribution in [0.2, 0.25) is 0 Å². The van der Waals surface area contributed by atoms with Crippen LogP contribution in [0.4, 0.5) is 17.1 Å². The van der Waals surface area contributed by atoms with Crippen LogP contribution >= 0.6 is 0 Å². The Morgan fingerprint density at radius 3 is 2.18 bits per heavy atom. The van der Waals surface area contributed by atoms with Gasteiger partial charge in [-0.2, -0.15) is 0 Å². The third-order valence-corrected chi connectivity index (χ3v) is 5.61. The first kappa shape index (κ1) is 19.4. The Morgan fingerprint density at radius 2 is 1.54 bits per heavy atom. The summed E-state index contributed by atoms with van der Waals surface area (Å²) < 4.78 is 28.1. The Bertz CT molecular complexity index is 1120. The molecule has 0 spiro atoms. The smallest absolute Gasteiger partial charge is 0.335 e. The molecule has 0 heterocycles. The van der Waals surface area contributed by atoms with Crippen LogP contribution in [0.15, 0.2) is 71.6 Å². The van der Waals surface area contributed by atoms with Crippen molar-refractivity contribution >= 4 is 33.1 Å². The van der Waals surface area contributed by atoms with Crippen LogP contribution in [0.5, 0.6) is 0 Å². The minimum atomic E-state index is -3.96. The van der Waals surface area contributed by atoms with Crippen LogP contribution in [0, 0.1) is 13.8 Å². The van der Waals surface area contributed by atoms with E-state index in [1.54, 1.807) is 31.2 Å². The summed E-state index contributed by atoms with van der Waals surface area (Å²) in [4.78, 5) is 11.2. The lowest BCUT2D eigenvalue weighted by atomic mass is 10.1. The normalized spacial score (nSPS) is 11.1. The second-order valence-electron chi connectivity index (χ2n) is 6.42. The van der Waals surface area contributed by atoms with Gasteiger partial charge >= 0.3 is 5.97 Å². The topological polar surface area (TPSA) is 95.5 Å². The standard InChI is InChI=1S/C21H20N2O4S/c1-14-7-10-16(11-8-14)22-19-5-3-4-6-20(19)23-28(26,27)17-12-9-15(2)18(13-17)21(24)25/h3-13,22-23H,1-2H3,(H,24,25). The fraction of sp³-hybridized carbons (Fsp3) is 0.0952. The molecule has 0 bridgehead atoms. The molecule has 3 rings (SSSR count). The molecule has 6 nitrogen and oxygen atoms in total. The summed E-state index contributed by atoms with van der Waals surface area (Å²) in [5.41, 5.74) is 3.33. The number of aryl methyl sites for hydroxylation is 2. The Kier molecular flexibility index (Phi) is 5.37. The number of carboxylic acid groups (broad SMARTS) is 1. The molecule has 0 saturated heterocycles. The van der Waals surface area contributed by atoms with E-state index in [1.165, 1.54) is 12.1 Å². The van der Waals surface area contributed by atoms with Crippen molar-refractivity contribution in [1.82, 2.24) is 0 Å². The highest BCUT2D eigenvalue weighted by atomic mass is 32.2. The highest BCUT2D eigenvalue weighted by molar-refractivity contribution is 7.92. The maximum absolute atomic E-state index is 12.8. The number of carbonyl (C=O) groups is 1. The lowest BCUT2D eigenvalue weighted by Crippen LogP contribution is -2.15. The molecule has 144 valence electrons. The van der Waals surface area contributed by atoms with E-state index < -0.39 is 16.0 Å². The Balaban J connectivity index is 1.92. The first-order valence-electron chi connectivity index (χ1n) is 8.56. The second kappa shape index (κ2) is 7.74. The minimum absolute atomic E-state index is 0.0473. The zero-order chi connectivity index (χ0) is 20.3. The second-order valence-corrected chi connectivity index (χ2v) is 8.11. The zero-order valence-electron chi connectivity index (χ0n) is 15.4. The molecule has 3 aromatic carbocycles. The van der Waals surface area contributed by atoms with E-state index in [2.05, 4.69) is 10.0 Å². The number of rotatable bonds is 6. The van der Waals surface area contributed by atoms with Crippen LogP contribution < -0.4 is 10.0 Å². The quantitative estimate of drug-likeness (QED) is 0.568. The van der Waals surface area contributed by atoms with Crippen LogP contribution in [-0.2, 0) is 10.0 Å². The number of hydrogen-bond acceptors (Lipinski definition) is 4. The molecular weight excluding hydrogens is 376 g/mol. The average molecular weight is 396 g/mol. The van der Waals surface area contributed by atoms with Gasteiger partial charge in [-0.25, -0.2) is 13.2 Å². The molecule has 0 radical (unpaired) electrons. The van der Waals surface area contributed by atoms with Gasteiger partial charge in [-0.3, -0.25) is 4.72 Å².